The maximum atomic E-state index is 12.7. The largest absolute Gasteiger partial charge is 0.470 e. The number of aromatic nitrogens is 5. The van der Waals surface area contributed by atoms with Crippen LogP contribution in [0.3, 0.4) is 0 Å². The van der Waals surface area contributed by atoms with Crippen LogP contribution >= 0.6 is 0 Å². The van der Waals surface area contributed by atoms with Gasteiger partial charge in [0.05, 0.1) is 18.4 Å². The van der Waals surface area contributed by atoms with E-state index in [0.717, 1.165) is 5.69 Å². The van der Waals surface area contributed by atoms with Crippen molar-refractivity contribution < 1.29 is 9.53 Å². The summed E-state index contributed by atoms with van der Waals surface area (Å²) in [6, 6.07) is 11.3. The van der Waals surface area contributed by atoms with Crippen LogP contribution in [-0.2, 0) is 0 Å². The Balaban J connectivity index is 1.43. The van der Waals surface area contributed by atoms with Crippen molar-refractivity contribution in [2.75, 3.05) is 13.1 Å². The van der Waals surface area contributed by atoms with Gasteiger partial charge in [0.1, 0.15) is 12.2 Å². The molecule has 1 aliphatic heterocycles. The van der Waals surface area contributed by atoms with Crippen LogP contribution in [0.2, 0.25) is 0 Å². The minimum Gasteiger partial charge on any atom is -0.470 e. The highest BCUT2D eigenvalue weighted by atomic mass is 16.5. The Bertz CT molecular complexity index is 996. The zero-order valence-corrected chi connectivity index (χ0v) is 14.3. The fourth-order valence-corrected chi connectivity index (χ4v) is 2.86. The van der Waals surface area contributed by atoms with Gasteiger partial charge < -0.3 is 9.64 Å². The number of carbonyl (C=O) groups is 1. The molecule has 0 N–H and O–H groups in total. The summed E-state index contributed by atoms with van der Waals surface area (Å²) in [4.78, 5) is 23.7. The number of nitrogens with zero attached hydrogens (tertiary/aromatic N) is 7. The topological polar surface area (TPSA) is 110 Å². The van der Waals surface area contributed by atoms with Crippen molar-refractivity contribution in [2.24, 2.45) is 0 Å². The fourth-order valence-electron chi connectivity index (χ4n) is 2.86. The molecule has 9 nitrogen and oxygen atoms in total. The molecule has 0 bridgehead atoms. The van der Waals surface area contributed by atoms with Crippen molar-refractivity contribution >= 4 is 5.91 Å². The first-order chi connectivity index (χ1) is 13.2. The molecule has 0 radical (unpaired) electrons. The van der Waals surface area contributed by atoms with Gasteiger partial charge in [0.2, 0.25) is 5.69 Å². The molecule has 3 aromatic rings. The third-order valence-corrected chi connectivity index (χ3v) is 4.18. The number of rotatable bonds is 4. The first kappa shape index (κ1) is 16.7. The molecule has 0 saturated carbocycles. The van der Waals surface area contributed by atoms with Gasteiger partial charge in [-0.2, -0.15) is 15.2 Å². The molecule has 1 fully saturated rings. The number of carbonyl (C=O) groups excluding carboxylic acids is 1. The lowest BCUT2D eigenvalue weighted by molar-refractivity contribution is 0.0764. The van der Waals surface area contributed by atoms with Crippen LogP contribution in [0, 0.1) is 11.3 Å². The van der Waals surface area contributed by atoms with Crippen LogP contribution in [-0.4, -0.2) is 55.0 Å². The van der Waals surface area contributed by atoms with Gasteiger partial charge in [-0.25, -0.2) is 9.97 Å². The molecule has 1 unspecified atom stereocenters. The highest BCUT2D eigenvalue weighted by molar-refractivity contribution is 5.92. The summed E-state index contributed by atoms with van der Waals surface area (Å²) in [7, 11) is 0. The van der Waals surface area contributed by atoms with E-state index in [9.17, 15) is 4.79 Å². The third kappa shape index (κ3) is 3.46. The maximum absolute atomic E-state index is 12.7. The molecule has 1 aromatic carbocycles. The molecular weight excluding hydrogens is 346 g/mol. The average Bonchev–Trinajstić information content (AvgIpc) is 3.39. The summed E-state index contributed by atoms with van der Waals surface area (Å²) in [6.07, 6.45) is 4.75. The van der Waals surface area contributed by atoms with Crippen molar-refractivity contribution in [3.05, 3.63) is 60.3 Å². The molecule has 2 aromatic heterocycles. The molecule has 134 valence electrons. The van der Waals surface area contributed by atoms with Crippen LogP contribution < -0.4 is 4.74 Å². The SMILES string of the molecule is N#Cc1nccnc1OC1CCN(C(=O)c2cnn(-c3ccccc3)n2)C1. The van der Waals surface area contributed by atoms with Gasteiger partial charge >= 0.3 is 0 Å². The maximum Gasteiger partial charge on any atom is 0.276 e. The number of nitriles is 1. The van der Waals surface area contributed by atoms with Crippen LogP contribution in [0.15, 0.2) is 48.9 Å². The summed E-state index contributed by atoms with van der Waals surface area (Å²) in [5, 5.41) is 17.5. The monoisotopic (exact) mass is 361 g/mol. The Labute approximate surface area is 154 Å². The Morgan fingerprint density at radius 1 is 1.22 bits per heavy atom. The number of benzene rings is 1. The molecule has 1 atom stereocenters. The second-order valence-corrected chi connectivity index (χ2v) is 5.96. The Morgan fingerprint density at radius 2 is 2.04 bits per heavy atom. The van der Waals surface area contributed by atoms with Crippen LogP contribution in [0.1, 0.15) is 22.6 Å². The fraction of sp³-hybridized carbons (Fsp3) is 0.222. The van der Waals surface area contributed by atoms with E-state index in [1.807, 2.05) is 36.4 Å². The van der Waals surface area contributed by atoms with E-state index in [0.29, 0.717) is 19.5 Å². The lowest BCUT2D eigenvalue weighted by Crippen LogP contribution is -2.31. The third-order valence-electron chi connectivity index (χ3n) is 4.18. The summed E-state index contributed by atoms with van der Waals surface area (Å²) in [5.41, 5.74) is 1.19. The van der Waals surface area contributed by atoms with Crippen molar-refractivity contribution in [1.82, 2.24) is 29.9 Å². The molecule has 1 saturated heterocycles. The predicted molar refractivity (Wildman–Crippen MR) is 93.0 cm³/mol. The van der Waals surface area contributed by atoms with Crippen LogP contribution in [0.25, 0.3) is 5.69 Å². The van der Waals surface area contributed by atoms with Crippen molar-refractivity contribution in [3.8, 4) is 17.6 Å². The zero-order chi connectivity index (χ0) is 18.6. The number of ether oxygens (including phenoxy) is 1. The standard InChI is InChI=1S/C18H15N7O2/c19-10-15-17(21-8-7-20-15)27-14-6-9-24(12-14)18(26)16-11-22-25(23-16)13-4-2-1-3-5-13/h1-5,7-8,11,14H,6,9,12H2. The minimum absolute atomic E-state index is 0.132. The molecule has 9 heteroatoms. The lowest BCUT2D eigenvalue weighted by atomic mass is 10.3. The van der Waals surface area contributed by atoms with E-state index in [2.05, 4.69) is 20.2 Å². The zero-order valence-electron chi connectivity index (χ0n) is 14.3. The second kappa shape index (κ2) is 7.21. The van der Waals surface area contributed by atoms with E-state index in [-0.39, 0.29) is 29.3 Å². The summed E-state index contributed by atoms with van der Waals surface area (Å²) in [5.74, 6) is -0.0164. The van der Waals surface area contributed by atoms with Gasteiger partial charge in [-0.05, 0) is 12.1 Å². The molecule has 4 rings (SSSR count). The van der Waals surface area contributed by atoms with Crippen molar-refractivity contribution in [3.63, 3.8) is 0 Å². The van der Waals surface area contributed by atoms with Crippen molar-refractivity contribution in [2.45, 2.75) is 12.5 Å². The minimum atomic E-state index is -0.248. The van der Waals surface area contributed by atoms with Gasteiger partial charge in [-0.1, -0.05) is 18.2 Å². The number of para-hydroxylation sites is 1. The van der Waals surface area contributed by atoms with E-state index in [4.69, 9.17) is 10.00 Å². The van der Waals surface area contributed by atoms with Gasteiger partial charge in [-0.15, -0.1) is 5.10 Å². The highest BCUT2D eigenvalue weighted by Gasteiger charge is 2.30. The number of amides is 1. The molecule has 1 aliphatic rings. The predicted octanol–water partition coefficient (Wildman–Crippen LogP) is 1.22. The van der Waals surface area contributed by atoms with Gasteiger partial charge in [0, 0.05) is 25.4 Å². The van der Waals surface area contributed by atoms with Gasteiger partial charge in [0.25, 0.3) is 11.8 Å². The van der Waals surface area contributed by atoms with E-state index in [1.54, 1.807) is 4.90 Å². The average molecular weight is 361 g/mol. The molecule has 27 heavy (non-hydrogen) atoms. The number of hydrogen-bond acceptors (Lipinski definition) is 7. The summed E-state index contributed by atoms with van der Waals surface area (Å²) in [6.45, 7) is 0.919. The summed E-state index contributed by atoms with van der Waals surface area (Å²) < 4.78 is 5.76. The molecule has 3 heterocycles. The molecule has 1 amide bonds. The quantitative estimate of drug-likeness (QED) is 0.687. The highest BCUT2D eigenvalue weighted by Crippen LogP contribution is 2.19. The normalized spacial score (nSPS) is 16.1. The van der Waals surface area contributed by atoms with Gasteiger partial charge in [-0.3, -0.25) is 4.79 Å². The Morgan fingerprint density at radius 3 is 2.85 bits per heavy atom. The van der Waals surface area contributed by atoms with E-state index >= 15 is 0 Å². The second-order valence-electron chi connectivity index (χ2n) is 5.96. The van der Waals surface area contributed by atoms with Gasteiger partial charge in [0.15, 0.2) is 5.69 Å². The molecular formula is C18H15N7O2. The van der Waals surface area contributed by atoms with Crippen molar-refractivity contribution in [1.29, 1.82) is 5.26 Å². The van der Waals surface area contributed by atoms with E-state index in [1.165, 1.54) is 23.4 Å². The van der Waals surface area contributed by atoms with E-state index < -0.39 is 0 Å². The lowest BCUT2D eigenvalue weighted by Gasteiger charge is -2.15. The smallest absolute Gasteiger partial charge is 0.276 e. The number of likely N-dealkylation sites (tertiary alicyclic amines) is 1. The number of hydrogen-bond donors (Lipinski definition) is 0. The Hall–Kier alpha value is -3.80. The van der Waals surface area contributed by atoms with Crippen LogP contribution in [0.4, 0.5) is 0 Å². The van der Waals surface area contributed by atoms with Crippen LogP contribution in [0.5, 0.6) is 5.88 Å². The first-order valence-corrected chi connectivity index (χ1v) is 8.39. The first-order valence-electron chi connectivity index (χ1n) is 8.39. The Kier molecular flexibility index (Phi) is 4.45. The molecule has 0 aliphatic carbocycles. The molecule has 0 spiro atoms. The summed E-state index contributed by atoms with van der Waals surface area (Å²) >= 11 is 0.